The minimum Gasteiger partial charge on any atom is -0.376 e. The van der Waals surface area contributed by atoms with Gasteiger partial charge in [0.15, 0.2) is 0 Å². The monoisotopic (exact) mass is 324 g/mol. The smallest absolute Gasteiger partial charge is 0.245 e. The lowest BCUT2D eigenvalue weighted by Crippen LogP contribution is -2.27. The fraction of sp³-hybridized carbons (Fsp3) is 0.350. The molecule has 0 aromatic heterocycles. The van der Waals surface area contributed by atoms with Crippen LogP contribution < -0.4 is 11.1 Å². The molecule has 0 aliphatic heterocycles. The van der Waals surface area contributed by atoms with Crippen LogP contribution in [0.3, 0.4) is 0 Å². The summed E-state index contributed by atoms with van der Waals surface area (Å²) in [7, 11) is 0. The number of carbonyl (C=O) groups is 1. The molecule has 1 saturated carbocycles. The van der Waals surface area contributed by atoms with Crippen LogP contribution in [-0.4, -0.2) is 12.5 Å². The van der Waals surface area contributed by atoms with Crippen LogP contribution in [0.5, 0.6) is 0 Å². The molecule has 126 valence electrons. The first-order valence-corrected chi connectivity index (χ1v) is 8.41. The summed E-state index contributed by atoms with van der Waals surface area (Å²) in [6.45, 7) is 3.41. The summed E-state index contributed by atoms with van der Waals surface area (Å²) in [6, 6.07) is 14.7. The molecule has 1 aliphatic carbocycles. The fourth-order valence-corrected chi connectivity index (χ4v) is 2.51. The van der Waals surface area contributed by atoms with Gasteiger partial charge in [0.1, 0.15) is 6.04 Å². The van der Waals surface area contributed by atoms with Crippen LogP contribution >= 0.6 is 0 Å². The SMILES string of the molecule is Cc1ccc(C(N)C(=O)Nc2cccc(COCC3CC3)c2)cc1. The molecule has 3 N–H and O–H groups in total. The Hall–Kier alpha value is -2.17. The highest BCUT2D eigenvalue weighted by molar-refractivity contribution is 5.95. The van der Waals surface area contributed by atoms with Crippen molar-refractivity contribution in [3.63, 3.8) is 0 Å². The van der Waals surface area contributed by atoms with Gasteiger partial charge < -0.3 is 15.8 Å². The first kappa shape index (κ1) is 16.7. The predicted octanol–water partition coefficient (Wildman–Crippen LogP) is 3.56. The third-order valence-electron chi connectivity index (χ3n) is 4.23. The quantitative estimate of drug-likeness (QED) is 0.818. The van der Waals surface area contributed by atoms with Crippen molar-refractivity contribution in [3.8, 4) is 0 Å². The van der Waals surface area contributed by atoms with Crippen LogP contribution in [0.15, 0.2) is 48.5 Å². The van der Waals surface area contributed by atoms with Crippen LogP contribution in [0.25, 0.3) is 0 Å². The van der Waals surface area contributed by atoms with Gasteiger partial charge in [-0.05, 0) is 48.9 Å². The van der Waals surface area contributed by atoms with Crippen molar-refractivity contribution in [2.24, 2.45) is 11.7 Å². The Balaban J connectivity index is 1.57. The first-order chi connectivity index (χ1) is 11.6. The molecule has 4 heteroatoms. The Labute approximate surface area is 143 Å². The van der Waals surface area contributed by atoms with Crippen LogP contribution in [0.4, 0.5) is 5.69 Å². The topological polar surface area (TPSA) is 64.4 Å². The summed E-state index contributed by atoms with van der Waals surface area (Å²) in [4.78, 5) is 12.4. The summed E-state index contributed by atoms with van der Waals surface area (Å²) in [5, 5.41) is 2.89. The standard InChI is InChI=1S/C20H24N2O2/c1-14-5-9-17(10-6-14)19(21)20(23)22-18-4-2-3-16(11-18)13-24-12-15-7-8-15/h2-6,9-11,15,19H,7-8,12-13,21H2,1H3,(H,22,23). The molecular weight excluding hydrogens is 300 g/mol. The van der Waals surface area contributed by atoms with Crippen molar-refractivity contribution in [2.45, 2.75) is 32.4 Å². The molecule has 1 aliphatic rings. The molecule has 3 rings (SSSR count). The predicted molar refractivity (Wildman–Crippen MR) is 95.6 cm³/mol. The number of ether oxygens (including phenoxy) is 1. The van der Waals surface area contributed by atoms with Crippen LogP contribution in [0.2, 0.25) is 0 Å². The highest BCUT2D eigenvalue weighted by atomic mass is 16.5. The van der Waals surface area contributed by atoms with Crippen molar-refractivity contribution >= 4 is 11.6 Å². The Morgan fingerprint density at radius 3 is 2.71 bits per heavy atom. The molecule has 4 nitrogen and oxygen atoms in total. The van der Waals surface area contributed by atoms with Crippen molar-refractivity contribution in [1.29, 1.82) is 0 Å². The van der Waals surface area contributed by atoms with Crippen LogP contribution in [0.1, 0.15) is 35.6 Å². The molecular formula is C20H24N2O2. The van der Waals surface area contributed by atoms with Gasteiger partial charge >= 0.3 is 0 Å². The molecule has 1 atom stereocenters. The molecule has 0 saturated heterocycles. The largest absolute Gasteiger partial charge is 0.376 e. The number of carbonyl (C=O) groups excluding carboxylic acids is 1. The van der Waals surface area contributed by atoms with Gasteiger partial charge in [-0.15, -0.1) is 0 Å². The van der Waals surface area contributed by atoms with E-state index in [1.807, 2.05) is 55.5 Å². The average molecular weight is 324 g/mol. The van der Waals surface area contributed by atoms with E-state index in [9.17, 15) is 4.79 Å². The molecule has 1 fully saturated rings. The van der Waals surface area contributed by atoms with Gasteiger partial charge in [-0.3, -0.25) is 4.79 Å². The normalized spacial score (nSPS) is 15.1. The second-order valence-electron chi connectivity index (χ2n) is 6.54. The van der Waals surface area contributed by atoms with Crippen LogP contribution in [-0.2, 0) is 16.1 Å². The van der Waals surface area contributed by atoms with Gasteiger partial charge in [-0.25, -0.2) is 0 Å². The molecule has 0 bridgehead atoms. The zero-order chi connectivity index (χ0) is 16.9. The van der Waals surface area contributed by atoms with E-state index < -0.39 is 6.04 Å². The number of amides is 1. The summed E-state index contributed by atoms with van der Waals surface area (Å²) in [5.41, 5.74) is 9.81. The Kier molecular flexibility index (Phi) is 5.28. The van der Waals surface area contributed by atoms with Gasteiger partial charge in [-0.2, -0.15) is 0 Å². The van der Waals surface area contributed by atoms with Crippen molar-refractivity contribution in [3.05, 3.63) is 65.2 Å². The number of hydrogen-bond donors (Lipinski definition) is 2. The number of aryl methyl sites for hydroxylation is 1. The molecule has 2 aromatic carbocycles. The second kappa shape index (κ2) is 7.60. The van der Waals surface area contributed by atoms with E-state index in [0.29, 0.717) is 6.61 Å². The van der Waals surface area contributed by atoms with Gasteiger partial charge in [0.25, 0.3) is 0 Å². The maximum absolute atomic E-state index is 12.4. The minimum atomic E-state index is -0.680. The van der Waals surface area contributed by atoms with E-state index in [2.05, 4.69) is 5.32 Å². The third-order valence-corrected chi connectivity index (χ3v) is 4.23. The summed E-state index contributed by atoms with van der Waals surface area (Å²) >= 11 is 0. The minimum absolute atomic E-state index is 0.213. The number of anilines is 1. The Bertz CT molecular complexity index is 693. The maximum atomic E-state index is 12.4. The zero-order valence-corrected chi connectivity index (χ0v) is 14.0. The number of nitrogens with one attached hydrogen (secondary N) is 1. The maximum Gasteiger partial charge on any atom is 0.245 e. The number of benzene rings is 2. The summed E-state index contributed by atoms with van der Waals surface area (Å²) < 4.78 is 5.69. The second-order valence-corrected chi connectivity index (χ2v) is 6.54. The highest BCUT2D eigenvalue weighted by Gasteiger charge is 2.21. The molecule has 0 spiro atoms. The molecule has 2 aromatic rings. The number of hydrogen-bond acceptors (Lipinski definition) is 3. The molecule has 0 radical (unpaired) electrons. The van der Waals surface area contributed by atoms with Gasteiger partial charge in [0.05, 0.1) is 6.61 Å². The lowest BCUT2D eigenvalue weighted by Gasteiger charge is -2.13. The van der Waals surface area contributed by atoms with Gasteiger partial charge in [0, 0.05) is 12.3 Å². The molecule has 24 heavy (non-hydrogen) atoms. The summed E-state index contributed by atoms with van der Waals surface area (Å²) in [6.07, 6.45) is 2.57. The van der Waals surface area contributed by atoms with Crippen molar-refractivity contribution in [2.75, 3.05) is 11.9 Å². The van der Waals surface area contributed by atoms with E-state index in [1.165, 1.54) is 12.8 Å². The fourth-order valence-electron chi connectivity index (χ4n) is 2.51. The van der Waals surface area contributed by atoms with E-state index in [-0.39, 0.29) is 5.91 Å². The van der Waals surface area contributed by atoms with Crippen molar-refractivity contribution < 1.29 is 9.53 Å². The van der Waals surface area contributed by atoms with E-state index in [0.717, 1.165) is 34.9 Å². The van der Waals surface area contributed by atoms with E-state index >= 15 is 0 Å². The van der Waals surface area contributed by atoms with E-state index in [4.69, 9.17) is 10.5 Å². The number of rotatable bonds is 7. The highest BCUT2D eigenvalue weighted by Crippen LogP contribution is 2.29. The number of nitrogens with two attached hydrogens (primary N) is 1. The molecule has 1 unspecified atom stereocenters. The Morgan fingerprint density at radius 2 is 2.00 bits per heavy atom. The first-order valence-electron chi connectivity index (χ1n) is 8.41. The lowest BCUT2D eigenvalue weighted by atomic mass is 10.1. The molecule has 1 amide bonds. The van der Waals surface area contributed by atoms with Crippen molar-refractivity contribution in [1.82, 2.24) is 0 Å². The summed E-state index contributed by atoms with van der Waals surface area (Å²) in [5.74, 6) is 0.537. The lowest BCUT2D eigenvalue weighted by molar-refractivity contribution is -0.117. The van der Waals surface area contributed by atoms with Crippen LogP contribution in [0, 0.1) is 12.8 Å². The third kappa shape index (κ3) is 4.66. The average Bonchev–Trinajstić information content (AvgIpc) is 3.39. The Morgan fingerprint density at radius 1 is 1.25 bits per heavy atom. The zero-order valence-electron chi connectivity index (χ0n) is 14.0. The molecule has 0 heterocycles. The van der Waals surface area contributed by atoms with Gasteiger partial charge in [-0.1, -0.05) is 42.0 Å². The van der Waals surface area contributed by atoms with Gasteiger partial charge in [0.2, 0.25) is 5.91 Å². The van der Waals surface area contributed by atoms with E-state index in [1.54, 1.807) is 0 Å².